The normalized spacial score (nSPS) is 10.4. The minimum atomic E-state index is -0.349. The summed E-state index contributed by atoms with van der Waals surface area (Å²) in [5, 5.41) is 10.9. The van der Waals surface area contributed by atoms with Crippen molar-refractivity contribution in [3.05, 3.63) is 21.6 Å². The van der Waals surface area contributed by atoms with Gasteiger partial charge in [-0.1, -0.05) is 0 Å². The maximum atomic E-state index is 11.0. The second kappa shape index (κ2) is 2.52. The number of aromatic amines is 1. The van der Waals surface area contributed by atoms with Crippen LogP contribution in [0.2, 0.25) is 0 Å². The molecule has 0 saturated heterocycles. The molecule has 0 fully saturated rings. The first kappa shape index (κ1) is 7.17. The van der Waals surface area contributed by atoms with Crippen LogP contribution < -0.4 is 5.69 Å². The fraction of sp³-hybridized carbons (Fsp3) is 0.200. The largest absolute Gasteiger partial charge is 0.365 e. The predicted octanol–water partition coefficient (Wildman–Crippen LogP) is -0.279. The van der Waals surface area contributed by atoms with E-state index in [2.05, 4.69) is 19.9 Å². The number of nitrogens with one attached hydrogen (secondary N) is 1. The predicted molar refractivity (Wildman–Crippen MR) is 42.4 cm³/mol. The van der Waals surface area contributed by atoms with Gasteiger partial charge in [-0.25, -0.2) is 9.89 Å². The molecule has 0 radical (unpaired) electrons. The van der Waals surface area contributed by atoms with E-state index in [4.69, 9.17) is 0 Å². The summed E-state index contributed by atoms with van der Waals surface area (Å²) in [6.45, 7) is 1.81. The van der Waals surface area contributed by atoms with Crippen molar-refractivity contribution in [2.75, 3.05) is 0 Å². The molecule has 0 aliphatic heterocycles. The van der Waals surface area contributed by atoms with Gasteiger partial charge in [0.15, 0.2) is 0 Å². The van der Waals surface area contributed by atoms with Gasteiger partial charge in [0.1, 0.15) is 5.69 Å². The highest BCUT2D eigenvalue weighted by molar-refractivity contribution is 7.04. The molecule has 0 spiro atoms. The Kier molecular flexibility index (Phi) is 1.51. The summed E-state index contributed by atoms with van der Waals surface area (Å²) in [5.41, 5.74) is 1.10. The third-order valence-electron chi connectivity index (χ3n) is 1.43. The maximum absolute atomic E-state index is 11.0. The van der Waals surface area contributed by atoms with Crippen LogP contribution in [0.3, 0.4) is 0 Å². The van der Waals surface area contributed by atoms with Crippen molar-refractivity contribution >= 4 is 11.5 Å². The van der Waals surface area contributed by atoms with Crippen LogP contribution in [0.1, 0.15) is 5.69 Å². The van der Waals surface area contributed by atoms with Gasteiger partial charge < -0.3 is 0 Å². The van der Waals surface area contributed by atoms with Crippen molar-refractivity contribution < 1.29 is 0 Å². The van der Waals surface area contributed by atoms with Crippen molar-refractivity contribution in [1.82, 2.24) is 24.6 Å². The van der Waals surface area contributed by atoms with Crippen LogP contribution in [0.4, 0.5) is 0 Å². The topological polar surface area (TPSA) is 76.5 Å². The highest BCUT2D eigenvalue weighted by atomic mass is 32.1. The first-order valence-electron chi connectivity index (χ1n) is 3.21. The van der Waals surface area contributed by atoms with Gasteiger partial charge in [-0.2, -0.15) is 9.06 Å². The number of H-pyrrole nitrogens is 1. The van der Waals surface area contributed by atoms with E-state index in [1.54, 1.807) is 5.38 Å². The lowest BCUT2D eigenvalue weighted by Crippen LogP contribution is -2.16. The molecule has 0 saturated carbocycles. The third-order valence-corrected chi connectivity index (χ3v) is 2.13. The Bertz CT molecular complexity index is 440. The number of aryl methyl sites for hydroxylation is 1. The summed E-state index contributed by atoms with van der Waals surface area (Å²) in [5.74, 6) is 0. The Morgan fingerprint density at radius 3 is 3.00 bits per heavy atom. The standard InChI is InChI=1S/C5H5N5OS/c1-3-4(2-12-7-3)10-5(11)6-8-9-10/h2H,1H3,(H,6,9,11). The molecule has 0 aromatic carbocycles. The average Bonchev–Trinajstić information content (AvgIpc) is 2.59. The number of tetrazole rings is 1. The SMILES string of the molecule is Cc1nscc1-n1nn[nH]c1=O. The van der Waals surface area contributed by atoms with Crippen LogP contribution in [-0.4, -0.2) is 24.6 Å². The Morgan fingerprint density at radius 2 is 2.50 bits per heavy atom. The summed E-state index contributed by atoms with van der Waals surface area (Å²) < 4.78 is 5.19. The number of nitrogens with zero attached hydrogens (tertiary/aromatic N) is 4. The Labute approximate surface area is 71.0 Å². The molecule has 7 heteroatoms. The molecule has 0 aliphatic rings. The van der Waals surface area contributed by atoms with E-state index in [0.29, 0.717) is 5.69 Å². The first-order valence-corrected chi connectivity index (χ1v) is 4.04. The minimum absolute atomic E-state index is 0.349. The second-order valence-corrected chi connectivity index (χ2v) is 2.83. The van der Waals surface area contributed by atoms with Crippen molar-refractivity contribution in [2.45, 2.75) is 6.92 Å². The molecular weight excluding hydrogens is 178 g/mol. The van der Waals surface area contributed by atoms with E-state index in [1.807, 2.05) is 6.92 Å². The van der Waals surface area contributed by atoms with Crippen LogP contribution in [0.5, 0.6) is 0 Å². The molecule has 2 rings (SSSR count). The molecule has 0 unspecified atom stereocenters. The van der Waals surface area contributed by atoms with Crippen LogP contribution >= 0.6 is 11.5 Å². The number of rotatable bonds is 1. The van der Waals surface area contributed by atoms with Gasteiger partial charge in [0.05, 0.1) is 5.69 Å². The molecule has 2 aromatic rings. The smallest absolute Gasteiger partial charge is 0.244 e. The molecule has 0 aliphatic carbocycles. The van der Waals surface area contributed by atoms with Gasteiger partial charge in [0, 0.05) is 5.38 Å². The molecule has 0 amide bonds. The molecule has 1 N–H and O–H groups in total. The van der Waals surface area contributed by atoms with E-state index in [9.17, 15) is 4.79 Å². The van der Waals surface area contributed by atoms with Gasteiger partial charge in [-0.3, -0.25) is 0 Å². The number of aromatic nitrogens is 5. The summed E-state index contributed by atoms with van der Waals surface area (Å²) in [6, 6.07) is 0. The molecule has 12 heavy (non-hydrogen) atoms. The lowest BCUT2D eigenvalue weighted by Gasteiger charge is -1.91. The lowest BCUT2D eigenvalue weighted by molar-refractivity contribution is 0.776. The summed E-state index contributed by atoms with van der Waals surface area (Å²) in [6.07, 6.45) is 0. The van der Waals surface area contributed by atoms with Crippen LogP contribution in [0.15, 0.2) is 10.2 Å². The van der Waals surface area contributed by atoms with Crippen LogP contribution in [0.25, 0.3) is 5.69 Å². The zero-order chi connectivity index (χ0) is 8.55. The Hall–Kier alpha value is -1.50. The van der Waals surface area contributed by atoms with Crippen molar-refractivity contribution in [3.63, 3.8) is 0 Å². The molecule has 0 bridgehead atoms. The quantitative estimate of drug-likeness (QED) is 0.659. The summed E-state index contributed by atoms with van der Waals surface area (Å²) >= 11 is 1.28. The highest BCUT2D eigenvalue weighted by Crippen LogP contribution is 2.10. The molecule has 2 heterocycles. The Balaban J connectivity index is 2.65. The fourth-order valence-electron chi connectivity index (χ4n) is 0.846. The van der Waals surface area contributed by atoms with E-state index in [1.165, 1.54) is 16.2 Å². The molecule has 62 valence electrons. The van der Waals surface area contributed by atoms with E-state index in [0.717, 1.165) is 5.69 Å². The fourth-order valence-corrected chi connectivity index (χ4v) is 1.52. The maximum Gasteiger partial charge on any atom is 0.365 e. The van der Waals surface area contributed by atoms with Crippen LogP contribution in [0, 0.1) is 6.92 Å². The zero-order valence-corrected chi connectivity index (χ0v) is 7.00. The average molecular weight is 183 g/mol. The van der Waals surface area contributed by atoms with Gasteiger partial charge in [-0.15, -0.1) is 0 Å². The van der Waals surface area contributed by atoms with Crippen molar-refractivity contribution in [3.8, 4) is 5.69 Å². The third kappa shape index (κ3) is 0.944. The molecule has 0 atom stereocenters. The summed E-state index contributed by atoms with van der Waals surface area (Å²) in [4.78, 5) is 11.0. The molecule has 2 aromatic heterocycles. The summed E-state index contributed by atoms with van der Waals surface area (Å²) in [7, 11) is 0. The van der Waals surface area contributed by atoms with Crippen molar-refractivity contribution in [1.29, 1.82) is 0 Å². The van der Waals surface area contributed by atoms with Gasteiger partial charge in [0.2, 0.25) is 0 Å². The van der Waals surface area contributed by atoms with Gasteiger partial charge in [-0.05, 0) is 28.9 Å². The second-order valence-electron chi connectivity index (χ2n) is 2.20. The lowest BCUT2D eigenvalue weighted by atomic mass is 10.4. The first-order chi connectivity index (χ1) is 5.79. The van der Waals surface area contributed by atoms with Crippen molar-refractivity contribution in [2.24, 2.45) is 0 Å². The van der Waals surface area contributed by atoms with E-state index in [-0.39, 0.29) is 5.69 Å². The Morgan fingerprint density at radius 1 is 1.67 bits per heavy atom. The monoisotopic (exact) mass is 183 g/mol. The highest BCUT2D eigenvalue weighted by Gasteiger charge is 2.07. The van der Waals surface area contributed by atoms with E-state index < -0.39 is 0 Å². The van der Waals surface area contributed by atoms with Gasteiger partial charge in [0.25, 0.3) is 0 Å². The number of hydrogen-bond acceptors (Lipinski definition) is 5. The van der Waals surface area contributed by atoms with E-state index >= 15 is 0 Å². The number of hydrogen-bond donors (Lipinski definition) is 1. The molecule has 6 nitrogen and oxygen atoms in total. The van der Waals surface area contributed by atoms with Crippen LogP contribution in [-0.2, 0) is 0 Å². The molecular formula is C5H5N5OS. The minimum Gasteiger partial charge on any atom is -0.244 e. The zero-order valence-electron chi connectivity index (χ0n) is 6.18. The van der Waals surface area contributed by atoms with Gasteiger partial charge >= 0.3 is 5.69 Å².